The van der Waals surface area contributed by atoms with Crippen molar-refractivity contribution in [1.82, 2.24) is 10.4 Å². The number of nitrogens with zero attached hydrogens (tertiary/aromatic N) is 1. The SMILES string of the molecule is NNC(=O)c1ccc(NS(=O)(=O)c2cc(I)c(O)c3ncccc23)cc1. The lowest BCUT2D eigenvalue weighted by atomic mass is 10.2. The zero-order valence-electron chi connectivity index (χ0n) is 13.1. The largest absolute Gasteiger partial charge is 0.505 e. The van der Waals surface area contributed by atoms with Gasteiger partial charge in [0.1, 0.15) is 5.52 Å². The molecule has 1 heterocycles. The number of anilines is 1. The number of amides is 1. The monoisotopic (exact) mass is 484 g/mol. The van der Waals surface area contributed by atoms with E-state index in [1.54, 1.807) is 12.1 Å². The summed E-state index contributed by atoms with van der Waals surface area (Å²) < 4.78 is 28.5. The van der Waals surface area contributed by atoms with Crippen LogP contribution >= 0.6 is 22.6 Å². The number of nitrogens with one attached hydrogen (secondary N) is 2. The quantitative estimate of drug-likeness (QED) is 0.194. The van der Waals surface area contributed by atoms with E-state index in [9.17, 15) is 18.3 Å². The van der Waals surface area contributed by atoms with Gasteiger partial charge in [-0.25, -0.2) is 14.3 Å². The Morgan fingerprint density at radius 2 is 1.88 bits per heavy atom. The molecule has 0 fully saturated rings. The molecule has 10 heteroatoms. The highest BCUT2D eigenvalue weighted by Crippen LogP contribution is 2.34. The predicted molar refractivity (Wildman–Crippen MR) is 105 cm³/mol. The summed E-state index contributed by atoms with van der Waals surface area (Å²) in [6.45, 7) is 0. The number of benzene rings is 2. The second-order valence-electron chi connectivity index (χ2n) is 5.26. The number of halogens is 1. The van der Waals surface area contributed by atoms with Crippen LogP contribution in [0.1, 0.15) is 10.4 Å². The van der Waals surface area contributed by atoms with Gasteiger partial charge in [0.25, 0.3) is 15.9 Å². The van der Waals surface area contributed by atoms with Crippen molar-refractivity contribution in [3.05, 3.63) is 57.8 Å². The molecule has 0 spiro atoms. The van der Waals surface area contributed by atoms with Crippen LogP contribution in [0.25, 0.3) is 10.9 Å². The normalized spacial score (nSPS) is 11.3. The van der Waals surface area contributed by atoms with Gasteiger partial charge in [0.2, 0.25) is 0 Å². The Labute approximate surface area is 162 Å². The molecule has 134 valence electrons. The lowest BCUT2D eigenvalue weighted by molar-refractivity contribution is 0.0953. The van der Waals surface area contributed by atoms with E-state index in [1.165, 1.54) is 36.5 Å². The number of carbonyl (C=O) groups excluding carboxylic acids is 1. The maximum atomic E-state index is 12.8. The molecule has 26 heavy (non-hydrogen) atoms. The molecule has 2 aromatic carbocycles. The molecule has 3 rings (SSSR count). The number of nitrogens with two attached hydrogens (primary N) is 1. The van der Waals surface area contributed by atoms with Gasteiger partial charge >= 0.3 is 0 Å². The third kappa shape index (κ3) is 3.43. The molecular formula is C16H13IN4O4S. The summed E-state index contributed by atoms with van der Waals surface area (Å²) in [5, 5.41) is 10.4. The number of phenols is 1. The molecule has 8 nitrogen and oxygen atoms in total. The maximum absolute atomic E-state index is 12.8. The fourth-order valence-corrected chi connectivity index (χ4v) is 4.43. The number of carbonyl (C=O) groups is 1. The van der Waals surface area contributed by atoms with Crippen LogP contribution in [0.4, 0.5) is 5.69 Å². The molecule has 0 saturated heterocycles. The topological polar surface area (TPSA) is 134 Å². The number of rotatable bonds is 4. The molecule has 3 aromatic rings. The zero-order chi connectivity index (χ0) is 18.9. The van der Waals surface area contributed by atoms with E-state index in [0.717, 1.165) is 0 Å². The first kappa shape index (κ1) is 18.4. The van der Waals surface area contributed by atoms with Crippen molar-refractivity contribution >= 4 is 55.1 Å². The average molecular weight is 484 g/mol. The summed E-state index contributed by atoms with van der Waals surface area (Å²) in [6, 6.07) is 10.3. The summed E-state index contributed by atoms with van der Waals surface area (Å²) in [6.07, 6.45) is 1.48. The van der Waals surface area contributed by atoms with Gasteiger partial charge in [0.15, 0.2) is 5.75 Å². The van der Waals surface area contributed by atoms with Crippen LogP contribution in [-0.2, 0) is 10.0 Å². The third-order valence-corrected chi connectivity index (χ3v) is 5.84. The number of phenolic OH excluding ortho intramolecular Hbond substituents is 1. The number of nitrogen functional groups attached to an aromatic ring is 1. The predicted octanol–water partition coefficient (Wildman–Crippen LogP) is 1.95. The maximum Gasteiger partial charge on any atom is 0.265 e. The number of pyridine rings is 1. The molecule has 1 amide bonds. The summed E-state index contributed by atoms with van der Waals surface area (Å²) >= 11 is 1.85. The van der Waals surface area contributed by atoms with Crippen LogP contribution in [0.3, 0.4) is 0 Å². The Kier molecular flexibility index (Phi) is 4.98. The molecule has 0 aliphatic carbocycles. The van der Waals surface area contributed by atoms with Crippen LogP contribution in [0.5, 0.6) is 5.75 Å². The van der Waals surface area contributed by atoms with Gasteiger partial charge in [-0.2, -0.15) is 0 Å². The number of fused-ring (bicyclic) bond motifs is 1. The molecule has 0 radical (unpaired) electrons. The summed E-state index contributed by atoms with van der Waals surface area (Å²) in [5.41, 5.74) is 2.77. The van der Waals surface area contributed by atoms with Gasteiger partial charge in [-0.3, -0.25) is 19.9 Å². The van der Waals surface area contributed by atoms with Crippen LogP contribution in [-0.4, -0.2) is 24.4 Å². The molecule has 0 aliphatic heterocycles. The van der Waals surface area contributed by atoms with Crippen molar-refractivity contribution < 1.29 is 18.3 Å². The zero-order valence-corrected chi connectivity index (χ0v) is 16.1. The standard InChI is InChI=1S/C16H13IN4O4S/c17-12-8-13(11-2-1-7-19-14(11)15(12)22)26(24,25)21-10-5-3-9(4-6-10)16(23)20-18/h1-8,21-22H,18H2,(H,20,23). The third-order valence-electron chi connectivity index (χ3n) is 3.60. The number of sulfonamides is 1. The molecule has 0 aliphatic rings. The Hall–Kier alpha value is -2.44. The van der Waals surface area contributed by atoms with Gasteiger partial charge in [0.05, 0.1) is 8.47 Å². The Morgan fingerprint density at radius 3 is 2.54 bits per heavy atom. The van der Waals surface area contributed by atoms with Gasteiger partial charge < -0.3 is 5.11 Å². The fraction of sp³-hybridized carbons (Fsp3) is 0. The summed E-state index contributed by atoms with van der Waals surface area (Å²) in [4.78, 5) is 15.5. The summed E-state index contributed by atoms with van der Waals surface area (Å²) in [7, 11) is -3.95. The number of hydrogen-bond donors (Lipinski definition) is 4. The highest BCUT2D eigenvalue weighted by atomic mass is 127. The first-order valence-electron chi connectivity index (χ1n) is 7.23. The lowest BCUT2D eigenvalue weighted by Crippen LogP contribution is -2.29. The number of hydrazine groups is 1. The van der Waals surface area contributed by atoms with Crippen molar-refractivity contribution in [2.75, 3.05) is 4.72 Å². The molecule has 0 atom stereocenters. The second-order valence-corrected chi connectivity index (χ2v) is 8.07. The highest BCUT2D eigenvalue weighted by molar-refractivity contribution is 14.1. The molecule has 5 N–H and O–H groups in total. The molecule has 0 saturated carbocycles. The van der Waals surface area contributed by atoms with E-state index in [0.29, 0.717) is 14.5 Å². The van der Waals surface area contributed by atoms with E-state index in [1.807, 2.05) is 28.0 Å². The van der Waals surface area contributed by atoms with Crippen LogP contribution < -0.4 is 16.0 Å². The van der Waals surface area contributed by atoms with E-state index in [-0.39, 0.29) is 21.8 Å². The minimum absolute atomic E-state index is 0.00780. The van der Waals surface area contributed by atoms with Crippen LogP contribution in [0.15, 0.2) is 53.6 Å². The van der Waals surface area contributed by atoms with Crippen LogP contribution in [0.2, 0.25) is 0 Å². The van der Waals surface area contributed by atoms with Gasteiger partial charge in [-0.15, -0.1) is 0 Å². The first-order valence-corrected chi connectivity index (χ1v) is 9.79. The minimum atomic E-state index is -3.95. The highest BCUT2D eigenvalue weighted by Gasteiger charge is 2.21. The molecule has 1 aromatic heterocycles. The van der Waals surface area contributed by atoms with Crippen molar-refractivity contribution in [2.45, 2.75) is 4.90 Å². The molecule has 0 bridgehead atoms. The summed E-state index contributed by atoms with van der Waals surface area (Å²) in [5.74, 6) is 4.51. The molecule has 0 unspecified atom stereocenters. The Balaban J connectivity index is 2.03. The number of aromatic hydroxyl groups is 1. The minimum Gasteiger partial charge on any atom is -0.505 e. The Morgan fingerprint density at radius 1 is 1.19 bits per heavy atom. The van der Waals surface area contributed by atoms with Crippen molar-refractivity contribution in [3.63, 3.8) is 0 Å². The van der Waals surface area contributed by atoms with E-state index in [2.05, 4.69) is 9.71 Å². The van der Waals surface area contributed by atoms with E-state index < -0.39 is 15.9 Å². The smallest absolute Gasteiger partial charge is 0.265 e. The van der Waals surface area contributed by atoms with Gasteiger partial charge in [-0.1, -0.05) is 0 Å². The van der Waals surface area contributed by atoms with E-state index in [4.69, 9.17) is 5.84 Å². The Bertz CT molecular complexity index is 1100. The first-order chi connectivity index (χ1) is 12.3. The average Bonchev–Trinajstić information content (AvgIpc) is 2.64. The van der Waals surface area contributed by atoms with Crippen molar-refractivity contribution in [3.8, 4) is 5.75 Å². The van der Waals surface area contributed by atoms with E-state index >= 15 is 0 Å². The van der Waals surface area contributed by atoms with Crippen molar-refractivity contribution in [2.24, 2.45) is 5.84 Å². The van der Waals surface area contributed by atoms with Gasteiger partial charge in [0, 0.05) is 22.8 Å². The lowest BCUT2D eigenvalue weighted by Gasteiger charge is -2.12. The van der Waals surface area contributed by atoms with Gasteiger partial charge in [-0.05, 0) is 65.1 Å². The second kappa shape index (κ2) is 7.05. The van der Waals surface area contributed by atoms with Crippen molar-refractivity contribution in [1.29, 1.82) is 0 Å². The van der Waals surface area contributed by atoms with Crippen LogP contribution in [0, 0.1) is 3.57 Å². The number of hydrogen-bond acceptors (Lipinski definition) is 6. The fourth-order valence-electron chi connectivity index (χ4n) is 2.37. The number of aromatic nitrogens is 1. The molecular weight excluding hydrogens is 471 g/mol.